The van der Waals surface area contributed by atoms with Gasteiger partial charge in [0.2, 0.25) is 5.91 Å². The molecule has 1 heterocycles. The number of nitrogens with one attached hydrogen (secondary N) is 1. The predicted octanol–water partition coefficient (Wildman–Crippen LogP) is 2.45. The maximum atomic E-state index is 11.5. The van der Waals surface area contributed by atoms with Gasteiger partial charge in [-0.2, -0.15) is 0 Å². The van der Waals surface area contributed by atoms with Crippen molar-refractivity contribution in [3.63, 3.8) is 0 Å². The molecule has 0 aliphatic rings. The van der Waals surface area contributed by atoms with Crippen LogP contribution in [0.4, 0.5) is 5.69 Å². The van der Waals surface area contributed by atoms with E-state index in [9.17, 15) is 14.4 Å². The third kappa shape index (κ3) is 5.83. The highest BCUT2D eigenvalue weighted by Gasteiger charge is 2.16. The van der Waals surface area contributed by atoms with E-state index < -0.39 is 17.8 Å². The summed E-state index contributed by atoms with van der Waals surface area (Å²) >= 11 is 1.25. The van der Waals surface area contributed by atoms with Crippen molar-refractivity contribution in [1.29, 1.82) is 0 Å². The summed E-state index contributed by atoms with van der Waals surface area (Å²) in [5, 5.41) is 5.62. The van der Waals surface area contributed by atoms with Gasteiger partial charge in [0.15, 0.2) is 0 Å². The van der Waals surface area contributed by atoms with Gasteiger partial charge in [0, 0.05) is 10.8 Å². The summed E-state index contributed by atoms with van der Waals surface area (Å²) in [6, 6.07) is 0. The molecule has 7 heteroatoms. The number of esters is 2. The van der Waals surface area contributed by atoms with Crippen LogP contribution in [0.25, 0.3) is 0 Å². The molecule has 6 nitrogen and oxygen atoms in total. The average Bonchev–Trinajstić information content (AvgIpc) is 2.88. The first-order valence-electron chi connectivity index (χ1n) is 6.18. The zero-order valence-corrected chi connectivity index (χ0v) is 12.8. The SMILES string of the molecule is CC.CCOC(=O)CC(=O)Nc1cscc1C(=O)OC. The van der Waals surface area contributed by atoms with E-state index in [1.165, 1.54) is 18.4 Å². The molecule has 0 atom stereocenters. The number of rotatable bonds is 5. The van der Waals surface area contributed by atoms with Crippen LogP contribution in [-0.2, 0) is 19.1 Å². The number of hydrogen-bond acceptors (Lipinski definition) is 6. The van der Waals surface area contributed by atoms with Crippen molar-refractivity contribution in [2.75, 3.05) is 19.0 Å². The third-order valence-corrected chi connectivity index (χ3v) is 2.70. The molecule has 0 unspecified atom stereocenters. The maximum absolute atomic E-state index is 11.5. The Kier molecular flexibility index (Phi) is 9.02. The molecule has 1 aromatic rings. The largest absolute Gasteiger partial charge is 0.466 e. The molecule has 0 saturated carbocycles. The van der Waals surface area contributed by atoms with Gasteiger partial charge in [-0.25, -0.2) is 4.79 Å². The van der Waals surface area contributed by atoms with E-state index in [1.54, 1.807) is 17.7 Å². The molecule has 0 bridgehead atoms. The Bertz CT molecular complexity index is 455. The van der Waals surface area contributed by atoms with Gasteiger partial charge in [0.25, 0.3) is 0 Å². The van der Waals surface area contributed by atoms with Crippen LogP contribution in [0, 0.1) is 0 Å². The number of methoxy groups -OCH3 is 1. The highest BCUT2D eigenvalue weighted by Crippen LogP contribution is 2.21. The number of carbonyl (C=O) groups is 3. The van der Waals surface area contributed by atoms with Gasteiger partial charge in [-0.15, -0.1) is 11.3 Å². The molecule has 1 aromatic heterocycles. The second kappa shape index (κ2) is 9.96. The van der Waals surface area contributed by atoms with Gasteiger partial charge in [-0.05, 0) is 6.92 Å². The zero-order chi connectivity index (χ0) is 15.5. The molecule has 0 aliphatic heterocycles. The molecular formula is C13H19NO5S. The molecule has 112 valence electrons. The highest BCUT2D eigenvalue weighted by molar-refractivity contribution is 7.08. The van der Waals surface area contributed by atoms with Gasteiger partial charge in [-0.1, -0.05) is 13.8 Å². The predicted molar refractivity (Wildman–Crippen MR) is 76.9 cm³/mol. The number of anilines is 1. The normalized spacial score (nSPS) is 9.00. The van der Waals surface area contributed by atoms with Gasteiger partial charge in [0.1, 0.15) is 6.42 Å². The van der Waals surface area contributed by atoms with Crippen LogP contribution in [-0.4, -0.2) is 31.6 Å². The minimum absolute atomic E-state index is 0.220. The first-order chi connectivity index (χ1) is 9.58. The summed E-state index contributed by atoms with van der Waals surface area (Å²) in [6.45, 7) is 5.88. The van der Waals surface area contributed by atoms with Crippen molar-refractivity contribution in [3.8, 4) is 0 Å². The van der Waals surface area contributed by atoms with E-state index in [0.717, 1.165) is 0 Å². The monoisotopic (exact) mass is 301 g/mol. The summed E-state index contributed by atoms with van der Waals surface area (Å²) in [4.78, 5) is 33.9. The molecular weight excluding hydrogens is 282 g/mol. The summed E-state index contributed by atoms with van der Waals surface area (Å²) < 4.78 is 9.20. The van der Waals surface area contributed by atoms with E-state index in [4.69, 9.17) is 0 Å². The van der Waals surface area contributed by atoms with Crippen LogP contribution < -0.4 is 5.32 Å². The Morgan fingerprint density at radius 2 is 1.90 bits per heavy atom. The number of ether oxygens (including phenoxy) is 2. The molecule has 0 spiro atoms. The van der Waals surface area contributed by atoms with Gasteiger partial charge in [0.05, 0.1) is 25.0 Å². The summed E-state index contributed by atoms with van der Waals surface area (Å²) in [7, 11) is 1.25. The fourth-order valence-corrected chi connectivity index (χ4v) is 1.95. The van der Waals surface area contributed by atoms with E-state index in [1.807, 2.05) is 13.8 Å². The topological polar surface area (TPSA) is 81.7 Å². The average molecular weight is 301 g/mol. The van der Waals surface area contributed by atoms with Crippen LogP contribution in [0.5, 0.6) is 0 Å². The van der Waals surface area contributed by atoms with E-state index in [0.29, 0.717) is 5.69 Å². The van der Waals surface area contributed by atoms with Crippen molar-refractivity contribution < 1.29 is 23.9 Å². The summed E-state index contributed by atoms with van der Waals surface area (Å²) in [5.41, 5.74) is 0.598. The van der Waals surface area contributed by atoms with Gasteiger partial charge < -0.3 is 14.8 Å². The second-order valence-corrected chi connectivity index (χ2v) is 3.96. The van der Waals surface area contributed by atoms with Gasteiger partial charge in [-0.3, -0.25) is 9.59 Å². The molecule has 20 heavy (non-hydrogen) atoms. The van der Waals surface area contributed by atoms with E-state index >= 15 is 0 Å². The first kappa shape index (κ1) is 18.1. The van der Waals surface area contributed by atoms with Crippen molar-refractivity contribution in [2.45, 2.75) is 27.2 Å². The maximum Gasteiger partial charge on any atom is 0.340 e. The summed E-state index contributed by atoms with van der Waals surface area (Å²) in [5.74, 6) is -1.68. The smallest absolute Gasteiger partial charge is 0.340 e. The minimum Gasteiger partial charge on any atom is -0.466 e. The fraction of sp³-hybridized carbons (Fsp3) is 0.462. The zero-order valence-electron chi connectivity index (χ0n) is 12.0. The van der Waals surface area contributed by atoms with Crippen molar-refractivity contribution in [1.82, 2.24) is 0 Å². The molecule has 1 N–H and O–H groups in total. The Hall–Kier alpha value is -1.89. The number of carbonyl (C=O) groups excluding carboxylic acids is 3. The molecule has 1 rings (SSSR count). The van der Waals surface area contributed by atoms with Crippen molar-refractivity contribution in [2.24, 2.45) is 0 Å². The molecule has 0 radical (unpaired) electrons. The van der Waals surface area contributed by atoms with Crippen LogP contribution in [0.3, 0.4) is 0 Å². The van der Waals surface area contributed by atoms with E-state index in [-0.39, 0.29) is 18.6 Å². The minimum atomic E-state index is -0.607. The lowest BCUT2D eigenvalue weighted by Gasteiger charge is -2.05. The van der Waals surface area contributed by atoms with Crippen LogP contribution in [0.2, 0.25) is 0 Å². The van der Waals surface area contributed by atoms with E-state index in [2.05, 4.69) is 14.8 Å². The first-order valence-corrected chi connectivity index (χ1v) is 7.12. The number of thiophene rings is 1. The van der Waals surface area contributed by atoms with Crippen molar-refractivity contribution in [3.05, 3.63) is 16.3 Å². The number of amides is 1. The van der Waals surface area contributed by atoms with Crippen LogP contribution in [0.15, 0.2) is 10.8 Å². The van der Waals surface area contributed by atoms with Crippen molar-refractivity contribution >= 4 is 34.9 Å². The third-order valence-electron chi connectivity index (χ3n) is 1.95. The summed E-state index contributed by atoms with van der Waals surface area (Å²) in [6.07, 6.45) is -0.385. The number of hydrogen-bond donors (Lipinski definition) is 1. The molecule has 0 aromatic carbocycles. The van der Waals surface area contributed by atoms with Gasteiger partial charge >= 0.3 is 11.9 Å². The Balaban J connectivity index is 0.00000172. The molecule has 1 amide bonds. The van der Waals surface area contributed by atoms with Crippen LogP contribution in [0.1, 0.15) is 37.6 Å². The second-order valence-electron chi connectivity index (χ2n) is 3.22. The molecule has 0 saturated heterocycles. The Morgan fingerprint density at radius 3 is 2.45 bits per heavy atom. The lowest BCUT2D eigenvalue weighted by atomic mass is 10.3. The highest BCUT2D eigenvalue weighted by atomic mass is 32.1. The molecule has 0 fully saturated rings. The fourth-order valence-electron chi connectivity index (χ4n) is 1.20. The molecule has 0 aliphatic carbocycles. The lowest BCUT2D eigenvalue weighted by molar-refractivity contribution is -0.145. The quantitative estimate of drug-likeness (QED) is 0.667. The lowest BCUT2D eigenvalue weighted by Crippen LogP contribution is -2.19. The van der Waals surface area contributed by atoms with Crippen LogP contribution >= 0.6 is 11.3 Å². The Morgan fingerprint density at radius 1 is 1.25 bits per heavy atom. The Labute approximate surface area is 122 Å². The standard InChI is InChI=1S/C11H13NO5S.C2H6/c1-3-17-10(14)4-9(13)12-8-6-18-5-7(8)11(15)16-2;1-2/h5-6H,3-4H2,1-2H3,(H,12,13);1-2H3.